The van der Waals surface area contributed by atoms with Crippen LogP contribution < -0.4 is 0 Å². The fourth-order valence-electron chi connectivity index (χ4n) is 1.73. The SMILES string of the molecule is CC1COCC1CN=C(N(C)C)C(Br)(Br)[N+](=O)[O-]. The van der Waals surface area contributed by atoms with E-state index in [9.17, 15) is 10.1 Å². The van der Waals surface area contributed by atoms with Crippen LogP contribution >= 0.6 is 31.9 Å². The number of aliphatic imine (C=N–C) groups is 1. The van der Waals surface area contributed by atoms with Crippen molar-refractivity contribution in [2.75, 3.05) is 33.9 Å². The Balaban J connectivity index is 2.82. The summed E-state index contributed by atoms with van der Waals surface area (Å²) in [5.74, 6) is 1.10. The molecule has 0 spiro atoms. The lowest BCUT2D eigenvalue weighted by Gasteiger charge is -2.22. The second-order valence-electron chi connectivity index (χ2n) is 4.63. The Morgan fingerprint density at radius 3 is 2.56 bits per heavy atom. The maximum absolute atomic E-state index is 11.0. The van der Waals surface area contributed by atoms with Crippen LogP contribution in [0.5, 0.6) is 0 Å². The summed E-state index contributed by atoms with van der Waals surface area (Å²) in [7, 11) is 3.46. The summed E-state index contributed by atoms with van der Waals surface area (Å²) >= 11 is 6.10. The van der Waals surface area contributed by atoms with E-state index < -0.39 is 8.28 Å². The molecule has 1 aliphatic rings. The van der Waals surface area contributed by atoms with Gasteiger partial charge in [-0.1, -0.05) is 6.92 Å². The number of ether oxygens (including phenoxy) is 1. The number of alkyl halides is 2. The fraction of sp³-hybridized carbons (Fsp3) is 0.900. The Kier molecular flexibility index (Phi) is 5.54. The van der Waals surface area contributed by atoms with Crippen LogP contribution in [0.25, 0.3) is 0 Å². The molecule has 1 heterocycles. The Hall–Kier alpha value is -0.210. The van der Waals surface area contributed by atoms with Crippen LogP contribution in [-0.4, -0.2) is 52.9 Å². The second kappa shape index (κ2) is 6.29. The van der Waals surface area contributed by atoms with E-state index >= 15 is 0 Å². The molecule has 8 heteroatoms. The lowest BCUT2D eigenvalue weighted by Crippen LogP contribution is -2.43. The molecular formula is C10H17Br2N3O3. The molecule has 18 heavy (non-hydrogen) atoms. The molecule has 104 valence electrons. The van der Waals surface area contributed by atoms with Crippen molar-refractivity contribution in [1.82, 2.24) is 4.90 Å². The molecule has 1 fully saturated rings. The first kappa shape index (κ1) is 15.8. The van der Waals surface area contributed by atoms with Gasteiger partial charge in [-0.15, -0.1) is 0 Å². The quantitative estimate of drug-likeness (QED) is 0.185. The number of halogens is 2. The van der Waals surface area contributed by atoms with Gasteiger partial charge in [0, 0.05) is 65.0 Å². The highest BCUT2D eigenvalue weighted by Crippen LogP contribution is 2.30. The number of nitrogens with zero attached hydrogens (tertiary/aromatic N) is 3. The van der Waals surface area contributed by atoms with Gasteiger partial charge in [-0.25, -0.2) is 0 Å². The fourth-order valence-corrected chi connectivity index (χ4v) is 2.69. The third kappa shape index (κ3) is 3.64. The molecule has 2 unspecified atom stereocenters. The first-order chi connectivity index (χ1) is 8.26. The molecule has 1 rings (SSSR count). The summed E-state index contributed by atoms with van der Waals surface area (Å²) in [5, 5.41) is 11.0. The van der Waals surface area contributed by atoms with Gasteiger partial charge >= 0.3 is 3.36 Å². The number of likely N-dealkylation sites (N-methyl/N-ethyl adjacent to an activating group) is 1. The topological polar surface area (TPSA) is 68.0 Å². The largest absolute Gasteiger partial charge is 0.382 e. The van der Waals surface area contributed by atoms with Crippen LogP contribution in [0.15, 0.2) is 4.99 Å². The van der Waals surface area contributed by atoms with Crippen LogP contribution in [-0.2, 0) is 4.74 Å². The van der Waals surface area contributed by atoms with E-state index in [2.05, 4.69) is 43.8 Å². The summed E-state index contributed by atoms with van der Waals surface area (Å²) in [6.45, 7) is 4.04. The van der Waals surface area contributed by atoms with Gasteiger partial charge in [0.05, 0.1) is 11.5 Å². The third-order valence-corrected chi connectivity index (χ3v) is 4.20. The van der Waals surface area contributed by atoms with Crippen LogP contribution in [0.1, 0.15) is 6.92 Å². The van der Waals surface area contributed by atoms with E-state index in [4.69, 9.17) is 4.74 Å². The predicted molar refractivity (Wildman–Crippen MR) is 77.0 cm³/mol. The highest BCUT2D eigenvalue weighted by Gasteiger charge is 2.44. The van der Waals surface area contributed by atoms with Crippen molar-refractivity contribution in [3.63, 3.8) is 0 Å². The van der Waals surface area contributed by atoms with E-state index in [0.29, 0.717) is 30.8 Å². The highest BCUT2D eigenvalue weighted by atomic mass is 79.9. The molecule has 1 aliphatic heterocycles. The van der Waals surface area contributed by atoms with Gasteiger partial charge in [-0.2, -0.15) is 0 Å². The average Bonchev–Trinajstić information content (AvgIpc) is 2.63. The van der Waals surface area contributed by atoms with Gasteiger partial charge < -0.3 is 9.64 Å². The Bertz CT molecular complexity index is 347. The van der Waals surface area contributed by atoms with Gasteiger partial charge in [0.15, 0.2) is 0 Å². The molecule has 2 atom stereocenters. The minimum atomic E-state index is -1.54. The molecular weight excluding hydrogens is 370 g/mol. The maximum Gasteiger partial charge on any atom is 0.382 e. The lowest BCUT2D eigenvalue weighted by atomic mass is 9.99. The average molecular weight is 387 g/mol. The third-order valence-electron chi connectivity index (χ3n) is 2.91. The van der Waals surface area contributed by atoms with Gasteiger partial charge in [0.1, 0.15) is 0 Å². The summed E-state index contributed by atoms with van der Waals surface area (Å²) in [5.41, 5.74) is 0. The van der Waals surface area contributed by atoms with Crippen molar-refractivity contribution in [2.45, 2.75) is 10.3 Å². The van der Waals surface area contributed by atoms with Gasteiger partial charge in [-0.3, -0.25) is 15.1 Å². The first-order valence-electron chi connectivity index (χ1n) is 5.59. The molecule has 0 aromatic rings. The van der Waals surface area contributed by atoms with Gasteiger partial charge in [0.2, 0.25) is 5.84 Å². The summed E-state index contributed by atoms with van der Waals surface area (Å²) in [4.78, 5) is 16.6. The minimum Gasteiger partial charge on any atom is -0.381 e. The zero-order valence-corrected chi connectivity index (χ0v) is 13.8. The van der Waals surface area contributed by atoms with Crippen molar-refractivity contribution in [3.8, 4) is 0 Å². The number of hydrogen-bond acceptors (Lipinski definition) is 4. The normalized spacial score (nSPS) is 25.3. The van der Waals surface area contributed by atoms with Crippen molar-refractivity contribution in [1.29, 1.82) is 0 Å². The molecule has 0 amide bonds. The summed E-state index contributed by atoms with van der Waals surface area (Å²) in [6.07, 6.45) is 0. The highest BCUT2D eigenvalue weighted by molar-refractivity contribution is 9.25. The van der Waals surface area contributed by atoms with Crippen LogP contribution in [0.2, 0.25) is 0 Å². The smallest absolute Gasteiger partial charge is 0.381 e. The molecule has 0 aliphatic carbocycles. The van der Waals surface area contributed by atoms with Crippen molar-refractivity contribution >= 4 is 37.7 Å². The first-order valence-corrected chi connectivity index (χ1v) is 7.17. The molecule has 0 aromatic carbocycles. The Morgan fingerprint density at radius 2 is 2.17 bits per heavy atom. The Labute approximate surface area is 123 Å². The standard InChI is InChI=1S/C10H17Br2N3O3/c1-7-5-18-6-8(7)4-13-9(14(2)3)10(11,12)15(16)17/h7-8H,4-6H2,1-3H3. The van der Waals surface area contributed by atoms with Crippen LogP contribution in [0.3, 0.4) is 0 Å². The number of hydrogen-bond donors (Lipinski definition) is 0. The van der Waals surface area contributed by atoms with E-state index in [1.807, 2.05) is 0 Å². The predicted octanol–water partition coefficient (Wildman–Crippen LogP) is 1.95. The molecule has 0 aromatic heterocycles. The van der Waals surface area contributed by atoms with E-state index in [1.54, 1.807) is 19.0 Å². The molecule has 1 saturated heterocycles. The molecule has 0 radical (unpaired) electrons. The molecule has 0 bridgehead atoms. The number of nitro groups is 1. The molecule has 0 N–H and O–H groups in total. The molecule has 0 saturated carbocycles. The van der Waals surface area contributed by atoms with Crippen LogP contribution in [0, 0.1) is 22.0 Å². The number of amidine groups is 1. The van der Waals surface area contributed by atoms with Gasteiger partial charge in [0.25, 0.3) is 0 Å². The lowest BCUT2D eigenvalue weighted by molar-refractivity contribution is -0.486. The monoisotopic (exact) mass is 385 g/mol. The van der Waals surface area contributed by atoms with E-state index in [-0.39, 0.29) is 0 Å². The van der Waals surface area contributed by atoms with Crippen LogP contribution in [0.4, 0.5) is 0 Å². The van der Waals surface area contributed by atoms with E-state index in [1.165, 1.54) is 0 Å². The summed E-state index contributed by atoms with van der Waals surface area (Å²) in [6, 6.07) is 0. The summed E-state index contributed by atoms with van der Waals surface area (Å²) < 4.78 is 3.82. The maximum atomic E-state index is 11.0. The van der Waals surface area contributed by atoms with Crippen molar-refractivity contribution in [2.24, 2.45) is 16.8 Å². The minimum absolute atomic E-state index is 0.322. The van der Waals surface area contributed by atoms with Crippen molar-refractivity contribution < 1.29 is 9.66 Å². The zero-order chi connectivity index (χ0) is 13.9. The second-order valence-corrected chi connectivity index (χ2v) is 7.99. The van der Waals surface area contributed by atoms with Crippen molar-refractivity contribution in [3.05, 3.63) is 10.1 Å². The van der Waals surface area contributed by atoms with E-state index in [0.717, 1.165) is 6.61 Å². The molecule has 6 nitrogen and oxygen atoms in total. The van der Waals surface area contributed by atoms with Gasteiger partial charge in [-0.05, 0) is 5.92 Å². The number of rotatable bonds is 4. The Morgan fingerprint density at radius 1 is 1.56 bits per heavy atom. The zero-order valence-electron chi connectivity index (χ0n) is 10.6.